The number of benzene rings is 3. The summed E-state index contributed by atoms with van der Waals surface area (Å²) < 4.78 is 0. The van der Waals surface area contributed by atoms with E-state index in [-0.39, 0.29) is 6.04 Å². The van der Waals surface area contributed by atoms with Gasteiger partial charge >= 0.3 is 0 Å². The molecule has 0 spiro atoms. The van der Waals surface area contributed by atoms with E-state index in [1.54, 1.807) is 12.1 Å². The maximum atomic E-state index is 9.51. The summed E-state index contributed by atoms with van der Waals surface area (Å²) in [5.74, 6) is 0.312. The van der Waals surface area contributed by atoms with Gasteiger partial charge in [0.05, 0.1) is 0 Å². The summed E-state index contributed by atoms with van der Waals surface area (Å²) in [7, 11) is 0. The summed E-state index contributed by atoms with van der Waals surface area (Å²) in [5.41, 5.74) is 2.38. The Balaban J connectivity index is 1.79. The van der Waals surface area contributed by atoms with E-state index in [1.807, 2.05) is 12.1 Å². The first-order valence-corrected chi connectivity index (χ1v) is 7.23. The number of hydrogen-bond acceptors (Lipinski definition) is 2. The molecule has 2 nitrogen and oxygen atoms in total. The van der Waals surface area contributed by atoms with Gasteiger partial charge in [-0.3, -0.25) is 0 Å². The molecule has 106 valence electrons. The van der Waals surface area contributed by atoms with Gasteiger partial charge in [-0.2, -0.15) is 0 Å². The van der Waals surface area contributed by atoms with Crippen molar-refractivity contribution in [2.24, 2.45) is 0 Å². The molecule has 0 aliphatic heterocycles. The van der Waals surface area contributed by atoms with Crippen molar-refractivity contribution in [2.75, 3.05) is 0 Å². The number of aromatic hydroxyl groups is 1. The predicted octanol–water partition coefficient (Wildman–Crippen LogP) is 4.40. The van der Waals surface area contributed by atoms with Crippen LogP contribution in [0.5, 0.6) is 5.75 Å². The highest BCUT2D eigenvalue weighted by atomic mass is 16.3. The van der Waals surface area contributed by atoms with E-state index < -0.39 is 0 Å². The first-order chi connectivity index (χ1) is 10.2. The van der Waals surface area contributed by atoms with E-state index >= 15 is 0 Å². The molecule has 0 fully saturated rings. The quantitative estimate of drug-likeness (QED) is 0.741. The Kier molecular flexibility index (Phi) is 3.89. The van der Waals surface area contributed by atoms with Crippen LogP contribution in [0.3, 0.4) is 0 Å². The molecule has 3 rings (SSSR count). The molecule has 0 aliphatic carbocycles. The fourth-order valence-electron chi connectivity index (χ4n) is 2.68. The first kappa shape index (κ1) is 13.7. The van der Waals surface area contributed by atoms with Crippen LogP contribution in [0.15, 0.2) is 66.7 Å². The first-order valence-electron chi connectivity index (χ1n) is 7.23. The van der Waals surface area contributed by atoms with Crippen LogP contribution in [0.25, 0.3) is 10.8 Å². The Morgan fingerprint density at radius 3 is 2.57 bits per heavy atom. The molecule has 2 N–H and O–H groups in total. The maximum absolute atomic E-state index is 9.51. The molecule has 0 heterocycles. The Morgan fingerprint density at radius 1 is 0.952 bits per heavy atom. The van der Waals surface area contributed by atoms with E-state index in [0.29, 0.717) is 5.75 Å². The third-order valence-electron chi connectivity index (χ3n) is 3.81. The van der Waals surface area contributed by atoms with Crippen LogP contribution >= 0.6 is 0 Å². The summed E-state index contributed by atoms with van der Waals surface area (Å²) in [5, 5.41) is 15.6. The summed E-state index contributed by atoms with van der Waals surface area (Å²) in [6.45, 7) is 2.91. The number of hydrogen-bond donors (Lipinski definition) is 2. The second-order valence-corrected chi connectivity index (χ2v) is 5.34. The average Bonchev–Trinajstić information content (AvgIpc) is 2.52. The van der Waals surface area contributed by atoms with Gasteiger partial charge in [0.2, 0.25) is 0 Å². The van der Waals surface area contributed by atoms with Crippen molar-refractivity contribution in [3.05, 3.63) is 77.9 Å². The second-order valence-electron chi connectivity index (χ2n) is 5.34. The van der Waals surface area contributed by atoms with Crippen LogP contribution < -0.4 is 5.32 Å². The van der Waals surface area contributed by atoms with Crippen LogP contribution in [0.2, 0.25) is 0 Å². The molecule has 0 aliphatic rings. The van der Waals surface area contributed by atoms with Gasteiger partial charge in [-0.25, -0.2) is 0 Å². The van der Waals surface area contributed by atoms with Gasteiger partial charge in [0.1, 0.15) is 5.75 Å². The zero-order chi connectivity index (χ0) is 14.7. The van der Waals surface area contributed by atoms with Gasteiger partial charge in [-0.1, -0.05) is 54.6 Å². The third kappa shape index (κ3) is 3.06. The smallest absolute Gasteiger partial charge is 0.115 e. The van der Waals surface area contributed by atoms with Gasteiger partial charge in [0, 0.05) is 12.6 Å². The minimum atomic E-state index is 0.249. The van der Waals surface area contributed by atoms with E-state index in [2.05, 4.69) is 54.7 Å². The van der Waals surface area contributed by atoms with E-state index in [9.17, 15) is 5.11 Å². The van der Waals surface area contributed by atoms with Crippen molar-refractivity contribution in [1.29, 1.82) is 0 Å². The molecule has 2 heteroatoms. The SMILES string of the molecule is C[C@H](NCc1cccc(O)c1)c1cccc2ccccc12. The summed E-state index contributed by atoms with van der Waals surface area (Å²) >= 11 is 0. The van der Waals surface area contributed by atoms with Crippen molar-refractivity contribution in [3.8, 4) is 5.75 Å². The number of fused-ring (bicyclic) bond motifs is 1. The molecule has 3 aromatic rings. The molecule has 21 heavy (non-hydrogen) atoms. The zero-order valence-corrected chi connectivity index (χ0v) is 12.1. The standard InChI is InChI=1S/C19H19NO/c1-14(20-13-15-6-4-9-17(21)12-15)18-11-5-8-16-7-2-3-10-19(16)18/h2-12,14,20-21H,13H2,1H3/t14-/m0/s1. The summed E-state index contributed by atoms with van der Waals surface area (Å²) in [6, 6.07) is 22.5. The average molecular weight is 277 g/mol. The van der Waals surface area contributed by atoms with Crippen LogP contribution in [-0.4, -0.2) is 5.11 Å². The summed E-state index contributed by atoms with van der Waals surface area (Å²) in [6.07, 6.45) is 0. The Morgan fingerprint density at radius 2 is 1.71 bits per heavy atom. The highest BCUT2D eigenvalue weighted by molar-refractivity contribution is 5.86. The van der Waals surface area contributed by atoms with Crippen molar-refractivity contribution in [2.45, 2.75) is 19.5 Å². The van der Waals surface area contributed by atoms with Crippen molar-refractivity contribution < 1.29 is 5.11 Å². The number of phenolic OH excluding ortho intramolecular Hbond substituents is 1. The fourth-order valence-corrected chi connectivity index (χ4v) is 2.68. The van der Waals surface area contributed by atoms with Gasteiger partial charge in [0.15, 0.2) is 0 Å². The largest absolute Gasteiger partial charge is 0.508 e. The third-order valence-corrected chi connectivity index (χ3v) is 3.81. The highest BCUT2D eigenvalue weighted by Gasteiger charge is 2.08. The normalized spacial score (nSPS) is 12.4. The molecule has 0 radical (unpaired) electrons. The number of rotatable bonds is 4. The monoisotopic (exact) mass is 277 g/mol. The highest BCUT2D eigenvalue weighted by Crippen LogP contribution is 2.24. The molecule has 3 aromatic carbocycles. The van der Waals surface area contributed by atoms with E-state index in [1.165, 1.54) is 16.3 Å². The molecule has 0 aromatic heterocycles. The molecule has 0 saturated carbocycles. The lowest BCUT2D eigenvalue weighted by molar-refractivity contribution is 0.473. The Bertz CT molecular complexity index is 746. The van der Waals surface area contributed by atoms with Gasteiger partial charge in [0.25, 0.3) is 0 Å². The maximum Gasteiger partial charge on any atom is 0.115 e. The zero-order valence-electron chi connectivity index (χ0n) is 12.1. The van der Waals surface area contributed by atoms with Crippen LogP contribution in [0, 0.1) is 0 Å². The lowest BCUT2D eigenvalue weighted by Gasteiger charge is -2.17. The number of nitrogens with one attached hydrogen (secondary N) is 1. The van der Waals surface area contributed by atoms with Crippen LogP contribution in [0.1, 0.15) is 24.1 Å². The summed E-state index contributed by atoms with van der Waals surface area (Å²) in [4.78, 5) is 0. The minimum absolute atomic E-state index is 0.249. The van der Waals surface area contributed by atoms with Crippen LogP contribution in [0.4, 0.5) is 0 Å². The molecular weight excluding hydrogens is 258 g/mol. The van der Waals surface area contributed by atoms with Gasteiger partial charge < -0.3 is 10.4 Å². The van der Waals surface area contributed by atoms with Crippen molar-refractivity contribution in [3.63, 3.8) is 0 Å². The molecule has 0 bridgehead atoms. The molecular formula is C19H19NO. The molecule has 0 unspecified atom stereocenters. The molecule has 1 atom stereocenters. The lowest BCUT2D eigenvalue weighted by Crippen LogP contribution is -2.18. The van der Waals surface area contributed by atoms with E-state index in [4.69, 9.17) is 0 Å². The topological polar surface area (TPSA) is 32.3 Å². The Labute approximate surface area is 125 Å². The second kappa shape index (κ2) is 5.98. The number of phenols is 1. The fraction of sp³-hybridized carbons (Fsp3) is 0.158. The Hall–Kier alpha value is -2.32. The van der Waals surface area contributed by atoms with Crippen molar-refractivity contribution in [1.82, 2.24) is 5.32 Å². The molecule has 0 saturated heterocycles. The van der Waals surface area contributed by atoms with Gasteiger partial charge in [-0.15, -0.1) is 0 Å². The minimum Gasteiger partial charge on any atom is -0.508 e. The lowest BCUT2D eigenvalue weighted by atomic mass is 9.99. The van der Waals surface area contributed by atoms with E-state index in [0.717, 1.165) is 12.1 Å². The predicted molar refractivity (Wildman–Crippen MR) is 87.3 cm³/mol. The molecule has 0 amide bonds. The van der Waals surface area contributed by atoms with Crippen molar-refractivity contribution >= 4 is 10.8 Å². The van der Waals surface area contributed by atoms with Crippen LogP contribution in [-0.2, 0) is 6.54 Å². The van der Waals surface area contributed by atoms with Gasteiger partial charge in [-0.05, 0) is 41.0 Å².